The zero-order valence-corrected chi connectivity index (χ0v) is 9.00. The highest BCUT2D eigenvalue weighted by molar-refractivity contribution is 5.23. The van der Waals surface area contributed by atoms with E-state index in [4.69, 9.17) is 0 Å². The summed E-state index contributed by atoms with van der Waals surface area (Å²) in [6.07, 6.45) is 5.80. The number of hydrogen-bond donors (Lipinski definition) is 2. The molecule has 0 saturated carbocycles. The van der Waals surface area contributed by atoms with Crippen LogP contribution < -0.4 is 5.32 Å². The Morgan fingerprint density at radius 2 is 2.20 bits per heavy atom. The van der Waals surface area contributed by atoms with E-state index < -0.39 is 0 Å². The average Bonchev–Trinajstić information content (AvgIpc) is 2.78. The van der Waals surface area contributed by atoms with Gasteiger partial charge in [-0.25, -0.2) is 0 Å². The number of nitrogens with zero attached hydrogens (tertiary/aromatic N) is 2. The van der Waals surface area contributed by atoms with Gasteiger partial charge < -0.3 is 5.32 Å². The second-order valence-corrected chi connectivity index (χ2v) is 4.50. The first-order valence-electron chi connectivity index (χ1n) is 5.92. The first-order chi connectivity index (χ1) is 7.45. The number of fused-ring (bicyclic) bond motifs is 1. The lowest BCUT2D eigenvalue weighted by molar-refractivity contribution is 0.155. The first-order valence-corrected chi connectivity index (χ1v) is 5.92. The molecule has 1 atom stereocenters. The molecule has 0 bridgehead atoms. The van der Waals surface area contributed by atoms with E-state index in [-0.39, 0.29) is 0 Å². The number of aromatic amines is 1. The van der Waals surface area contributed by atoms with Crippen LogP contribution in [0.25, 0.3) is 0 Å². The lowest BCUT2D eigenvalue weighted by Gasteiger charge is -2.36. The van der Waals surface area contributed by atoms with E-state index in [0.29, 0.717) is 6.04 Å². The normalized spacial score (nSPS) is 27.6. The highest BCUT2D eigenvalue weighted by Gasteiger charge is 2.27. The summed E-state index contributed by atoms with van der Waals surface area (Å²) in [6.45, 7) is 4.59. The van der Waals surface area contributed by atoms with Crippen LogP contribution in [0.5, 0.6) is 0 Å². The number of nitrogens with one attached hydrogen (secondary N) is 2. The van der Waals surface area contributed by atoms with Crippen LogP contribution >= 0.6 is 0 Å². The van der Waals surface area contributed by atoms with Gasteiger partial charge in [0.2, 0.25) is 0 Å². The quantitative estimate of drug-likeness (QED) is 0.710. The molecule has 4 heteroatoms. The standard InChI is InChI=1S/C11H18N4/c1-2-9-8-13-14-11(9)10(3-1)15-6-4-12-5-7-15/h8,10,12H,1-7H2,(H,13,14). The van der Waals surface area contributed by atoms with Crippen molar-refractivity contribution >= 4 is 0 Å². The van der Waals surface area contributed by atoms with Crippen molar-refractivity contribution in [3.05, 3.63) is 17.5 Å². The van der Waals surface area contributed by atoms with Crippen molar-refractivity contribution in [2.75, 3.05) is 26.2 Å². The number of rotatable bonds is 1. The minimum Gasteiger partial charge on any atom is -0.314 e. The Bertz CT molecular complexity index is 327. The van der Waals surface area contributed by atoms with Crippen molar-refractivity contribution in [2.45, 2.75) is 25.3 Å². The molecule has 2 aliphatic rings. The molecule has 1 aromatic rings. The highest BCUT2D eigenvalue weighted by Crippen LogP contribution is 2.32. The molecule has 15 heavy (non-hydrogen) atoms. The molecule has 0 amide bonds. The fraction of sp³-hybridized carbons (Fsp3) is 0.727. The van der Waals surface area contributed by atoms with E-state index >= 15 is 0 Å². The molecule has 1 aliphatic carbocycles. The van der Waals surface area contributed by atoms with Gasteiger partial charge in [-0.15, -0.1) is 0 Å². The summed E-state index contributed by atoms with van der Waals surface area (Å²) >= 11 is 0. The molecule has 1 fully saturated rings. The molecule has 0 radical (unpaired) electrons. The average molecular weight is 206 g/mol. The second-order valence-electron chi connectivity index (χ2n) is 4.50. The van der Waals surface area contributed by atoms with E-state index in [9.17, 15) is 0 Å². The van der Waals surface area contributed by atoms with Gasteiger partial charge in [-0.2, -0.15) is 5.10 Å². The first kappa shape index (κ1) is 9.36. The van der Waals surface area contributed by atoms with Gasteiger partial charge in [0.1, 0.15) is 0 Å². The van der Waals surface area contributed by atoms with E-state index in [2.05, 4.69) is 20.4 Å². The number of aryl methyl sites for hydroxylation is 1. The lowest BCUT2D eigenvalue weighted by Crippen LogP contribution is -2.45. The summed E-state index contributed by atoms with van der Waals surface area (Å²) < 4.78 is 0. The number of aromatic nitrogens is 2. The van der Waals surface area contributed by atoms with Crippen LogP contribution in [0.3, 0.4) is 0 Å². The smallest absolute Gasteiger partial charge is 0.0555 e. The summed E-state index contributed by atoms with van der Waals surface area (Å²) in [5.41, 5.74) is 2.81. The summed E-state index contributed by atoms with van der Waals surface area (Å²) in [5.74, 6) is 0. The van der Waals surface area contributed by atoms with E-state index in [1.54, 1.807) is 0 Å². The van der Waals surface area contributed by atoms with Crippen molar-refractivity contribution in [3.8, 4) is 0 Å². The minimum absolute atomic E-state index is 0.596. The molecule has 2 heterocycles. The monoisotopic (exact) mass is 206 g/mol. The van der Waals surface area contributed by atoms with Crippen LogP contribution in [0.15, 0.2) is 6.20 Å². The number of H-pyrrole nitrogens is 1. The van der Waals surface area contributed by atoms with Crippen molar-refractivity contribution in [3.63, 3.8) is 0 Å². The highest BCUT2D eigenvalue weighted by atomic mass is 15.2. The Morgan fingerprint density at radius 3 is 3.07 bits per heavy atom. The predicted octanol–water partition coefficient (Wildman–Crippen LogP) is 0.692. The number of piperazine rings is 1. The maximum absolute atomic E-state index is 4.18. The van der Waals surface area contributed by atoms with Gasteiger partial charge in [0.15, 0.2) is 0 Å². The van der Waals surface area contributed by atoms with Crippen molar-refractivity contribution in [2.24, 2.45) is 0 Å². The molecule has 1 unspecified atom stereocenters. The van der Waals surface area contributed by atoms with Gasteiger partial charge in [-0.1, -0.05) is 0 Å². The molecule has 1 aliphatic heterocycles. The van der Waals surface area contributed by atoms with Crippen molar-refractivity contribution in [1.82, 2.24) is 20.4 Å². The zero-order chi connectivity index (χ0) is 10.1. The van der Waals surface area contributed by atoms with Gasteiger partial charge >= 0.3 is 0 Å². The summed E-state index contributed by atoms with van der Waals surface area (Å²) in [5, 5.41) is 10.8. The third-order valence-electron chi connectivity index (χ3n) is 3.60. The molecule has 2 N–H and O–H groups in total. The van der Waals surface area contributed by atoms with Crippen LogP contribution in [0.1, 0.15) is 30.1 Å². The SMILES string of the molecule is c1n[nH]c2c1CCCC2N1CCNCC1. The molecule has 0 spiro atoms. The molecule has 0 aromatic carbocycles. The largest absolute Gasteiger partial charge is 0.314 e. The van der Waals surface area contributed by atoms with Crippen molar-refractivity contribution < 1.29 is 0 Å². The topological polar surface area (TPSA) is 44.0 Å². The fourth-order valence-electron chi connectivity index (χ4n) is 2.80. The maximum atomic E-state index is 4.18. The Morgan fingerprint density at radius 1 is 1.33 bits per heavy atom. The third kappa shape index (κ3) is 1.68. The van der Waals surface area contributed by atoms with E-state index in [0.717, 1.165) is 13.1 Å². The second kappa shape index (κ2) is 3.94. The maximum Gasteiger partial charge on any atom is 0.0555 e. The molecule has 1 saturated heterocycles. The van der Waals surface area contributed by atoms with Crippen molar-refractivity contribution in [1.29, 1.82) is 0 Å². The van der Waals surface area contributed by atoms with Gasteiger partial charge in [-0.3, -0.25) is 10.00 Å². The molecule has 3 rings (SSSR count). The number of hydrogen-bond acceptors (Lipinski definition) is 3. The Hall–Kier alpha value is -0.870. The van der Waals surface area contributed by atoms with Crippen LogP contribution in [0, 0.1) is 0 Å². The Labute approximate surface area is 90.0 Å². The third-order valence-corrected chi connectivity index (χ3v) is 3.60. The van der Waals surface area contributed by atoms with Gasteiger partial charge in [-0.05, 0) is 24.8 Å². The molecular formula is C11H18N4. The summed E-state index contributed by atoms with van der Waals surface area (Å²) in [6, 6.07) is 0.596. The predicted molar refractivity (Wildman–Crippen MR) is 58.7 cm³/mol. The van der Waals surface area contributed by atoms with Crippen LogP contribution in [-0.2, 0) is 6.42 Å². The summed E-state index contributed by atoms with van der Waals surface area (Å²) in [7, 11) is 0. The van der Waals surface area contributed by atoms with E-state index in [1.807, 2.05) is 6.20 Å². The minimum atomic E-state index is 0.596. The Balaban J connectivity index is 1.82. The van der Waals surface area contributed by atoms with Crippen LogP contribution in [-0.4, -0.2) is 41.3 Å². The Kier molecular flexibility index (Phi) is 2.46. The molecular weight excluding hydrogens is 188 g/mol. The summed E-state index contributed by atoms with van der Waals surface area (Å²) in [4.78, 5) is 2.59. The lowest BCUT2D eigenvalue weighted by atomic mass is 9.92. The molecule has 82 valence electrons. The molecule has 4 nitrogen and oxygen atoms in total. The van der Waals surface area contributed by atoms with Gasteiger partial charge in [0.05, 0.1) is 17.9 Å². The zero-order valence-electron chi connectivity index (χ0n) is 9.00. The van der Waals surface area contributed by atoms with E-state index in [1.165, 1.54) is 43.6 Å². The fourth-order valence-corrected chi connectivity index (χ4v) is 2.80. The van der Waals surface area contributed by atoms with Crippen LogP contribution in [0.2, 0.25) is 0 Å². The van der Waals surface area contributed by atoms with Gasteiger partial charge in [0, 0.05) is 26.2 Å². The van der Waals surface area contributed by atoms with Gasteiger partial charge in [0.25, 0.3) is 0 Å². The molecule has 1 aromatic heterocycles. The van der Waals surface area contributed by atoms with Crippen LogP contribution in [0.4, 0.5) is 0 Å².